The van der Waals surface area contributed by atoms with Gasteiger partial charge in [0.25, 0.3) is 5.91 Å². The summed E-state index contributed by atoms with van der Waals surface area (Å²) in [4.78, 5) is 16.4. The highest BCUT2D eigenvalue weighted by Crippen LogP contribution is 2.22. The van der Waals surface area contributed by atoms with Crippen molar-refractivity contribution in [2.75, 3.05) is 5.32 Å². The van der Waals surface area contributed by atoms with E-state index in [1.54, 1.807) is 30.5 Å². The van der Waals surface area contributed by atoms with E-state index in [1.807, 2.05) is 26.0 Å². The third-order valence-electron chi connectivity index (χ3n) is 2.82. The van der Waals surface area contributed by atoms with Crippen molar-refractivity contribution in [1.82, 2.24) is 4.98 Å². The van der Waals surface area contributed by atoms with Gasteiger partial charge in [-0.15, -0.1) is 0 Å². The van der Waals surface area contributed by atoms with Crippen LogP contribution in [0.2, 0.25) is 0 Å². The number of aromatic nitrogens is 1. The molecular formula is C16H19N3O2. The lowest BCUT2D eigenvalue weighted by atomic mass is 10.1. The topological polar surface area (TPSA) is 77.2 Å². The lowest BCUT2D eigenvalue weighted by molar-refractivity contribution is 0.102. The number of anilines is 1. The molecule has 0 atom stereocenters. The average Bonchev–Trinajstić information content (AvgIpc) is 2.49. The summed E-state index contributed by atoms with van der Waals surface area (Å²) in [6.07, 6.45) is 1.61. The molecule has 3 N–H and O–H groups in total. The van der Waals surface area contributed by atoms with Gasteiger partial charge in [0.15, 0.2) is 0 Å². The van der Waals surface area contributed by atoms with Gasteiger partial charge in [-0.1, -0.05) is 12.1 Å². The summed E-state index contributed by atoms with van der Waals surface area (Å²) in [5.41, 5.74) is 7.64. The van der Waals surface area contributed by atoms with Crippen LogP contribution in [0.5, 0.6) is 5.88 Å². The zero-order valence-electron chi connectivity index (χ0n) is 12.2. The quantitative estimate of drug-likeness (QED) is 0.885. The van der Waals surface area contributed by atoms with Crippen LogP contribution in [0.1, 0.15) is 29.8 Å². The van der Waals surface area contributed by atoms with Gasteiger partial charge in [0.1, 0.15) is 5.69 Å². The lowest BCUT2D eigenvalue weighted by Gasteiger charge is -2.13. The fraction of sp³-hybridized carbons (Fsp3) is 0.250. The Bertz CT molecular complexity index is 609. The minimum Gasteiger partial charge on any atom is -0.473 e. The van der Waals surface area contributed by atoms with Crippen molar-refractivity contribution in [3.63, 3.8) is 0 Å². The summed E-state index contributed by atoms with van der Waals surface area (Å²) in [5.74, 6) is 0.208. The molecule has 0 saturated carbocycles. The number of ether oxygens (including phenoxy) is 1. The predicted octanol–water partition coefficient (Wildman–Crippen LogP) is 2.58. The normalized spacial score (nSPS) is 10.5. The second-order valence-electron chi connectivity index (χ2n) is 4.88. The molecule has 2 aromatic rings. The number of amides is 1. The lowest BCUT2D eigenvalue weighted by Crippen LogP contribution is -2.15. The standard InChI is InChI=1S/C16H19N3O2/c1-11(2)21-16-14(4-3-9-18-16)19-15(20)13-7-5-12(10-17)6-8-13/h3-9,11H,10,17H2,1-2H3,(H,19,20). The molecule has 1 amide bonds. The number of pyridine rings is 1. The van der Waals surface area contributed by atoms with Crippen LogP contribution >= 0.6 is 0 Å². The second kappa shape index (κ2) is 6.85. The van der Waals surface area contributed by atoms with Gasteiger partial charge in [-0.25, -0.2) is 4.98 Å². The number of nitrogens with one attached hydrogen (secondary N) is 1. The first kappa shape index (κ1) is 15.0. The first-order valence-electron chi connectivity index (χ1n) is 6.82. The molecule has 21 heavy (non-hydrogen) atoms. The first-order valence-corrected chi connectivity index (χ1v) is 6.82. The first-order chi connectivity index (χ1) is 10.1. The zero-order chi connectivity index (χ0) is 15.2. The minimum absolute atomic E-state index is 0.0145. The van der Waals surface area contributed by atoms with Gasteiger partial charge in [0.05, 0.1) is 6.10 Å². The van der Waals surface area contributed by atoms with Crippen LogP contribution in [0, 0.1) is 0 Å². The predicted molar refractivity (Wildman–Crippen MR) is 82.3 cm³/mol. The van der Waals surface area contributed by atoms with Crippen molar-refractivity contribution < 1.29 is 9.53 Å². The number of nitrogens with zero attached hydrogens (tertiary/aromatic N) is 1. The highest BCUT2D eigenvalue weighted by Gasteiger charge is 2.11. The second-order valence-corrected chi connectivity index (χ2v) is 4.88. The van der Waals surface area contributed by atoms with E-state index in [4.69, 9.17) is 10.5 Å². The van der Waals surface area contributed by atoms with E-state index in [1.165, 1.54) is 0 Å². The maximum atomic E-state index is 12.2. The Labute approximate surface area is 124 Å². The summed E-state index contributed by atoms with van der Waals surface area (Å²) < 4.78 is 5.58. The van der Waals surface area contributed by atoms with Gasteiger partial charge < -0.3 is 15.8 Å². The molecular weight excluding hydrogens is 266 g/mol. The van der Waals surface area contributed by atoms with Crippen molar-refractivity contribution in [2.45, 2.75) is 26.5 Å². The molecule has 110 valence electrons. The molecule has 0 fully saturated rings. The molecule has 0 bridgehead atoms. The van der Waals surface area contributed by atoms with Crippen molar-refractivity contribution in [2.24, 2.45) is 5.73 Å². The fourth-order valence-corrected chi connectivity index (χ4v) is 1.79. The van der Waals surface area contributed by atoms with Gasteiger partial charge in [-0.3, -0.25) is 4.79 Å². The Balaban J connectivity index is 2.15. The SMILES string of the molecule is CC(C)Oc1ncccc1NC(=O)c1ccc(CN)cc1. The van der Waals surface area contributed by atoms with E-state index in [9.17, 15) is 4.79 Å². The third kappa shape index (κ3) is 4.03. The van der Waals surface area contributed by atoms with E-state index in [0.29, 0.717) is 23.7 Å². The number of carbonyl (C=O) groups is 1. The van der Waals surface area contributed by atoms with Gasteiger partial charge in [0.2, 0.25) is 5.88 Å². The largest absolute Gasteiger partial charge is 0.473 e. The Morgan fingerprint density at radius 3 is 2.62 bits per heavy atom. The number of carbonyl (C=O) groups excluding carboxylic acids is 1. The van der Waals surface area contributed by atoms with E-state index in [0.717, 1.165) is 5.56 Å². The van der Waals surface area contributed by atoms with Gasteiger partial charge >= 0.3 is 0 Å². The highest BCUT2D eigenvalue weighted by molar-refractivity contribution is 6.04. The molecule has 0 spiro atoms. The number of hydrogen-bond acceptors (Lipinski definition) is 4. The summed E-state index contributed by atoms with van der Waals surface area (Å²) in [7, 11) is 0. The molecule has 0 aliphatic rings. The Morgan fingerprint density at radius 1 is 1.29 bits per heavy atom. The van der Waals surface area contributed by atoms with E-state index in [-0.39, 0.29) is 12.0 Å². The zero-order valence-corrected chi connectivity index (χ0v) is 12.2. The summed E-state index contributed by atoms with van der Waals surface area (Å²) in [6, 6.07) is 10.7. The monoisotopic (exact) mass is 285 g/mol. The smallest absolute Gasteiger partial charge is 0.255 e. The molecule has 2 rings (SSSR count). The number of rotatable bonds is 5. The van der Waals surface area contributed by atoms with Crippen molar-refractivity contribution in [3.8, 4) is 5.88 Å². The van der Waals surface area contributed by atoms with Crippen LogP contribution in [0.15, 0.2) is 42.6 Å². The van der Waals surface area contributed by atoms with Crippen LogP contribution in [0.4, 0.5) is 5.69 Å². The van der Waals surface area contributed by atoms with Gasteiger partial charge in [0, 0.05) is 18.3 Å². The van der Waals surface area contributed by atoms with Gasteiger partial charge in [-0.2, -0.15) is 0 Å². The molecule has 0 saturated heterocycles. The van der Waals surface area contributed by atoms with E-state index >= 15 is 0 Å². The molecule has 1 heterocycles. The van der Waals surface area contributed by atoms with Crippen LogP contribution in [-0.4, -0.2) is 17.0 Å². The summed E-state index contributed by atoms with van der Waals surface area (Å²) in [5, 5.41) is 2.81. The summed E-state index contributed by atoms with van der Waals surface area (Å²) in [6.45, 7) is 4.27. The molecule has 5 nitrogen and oxygen atoms in total. The van der Waals surface area contributed by atoms with Crippen LogP contribution < -0.4 is 15.8 Å². The Hall–Kier alpha value is -2.40. The number of benzene rings is 1. The maximum absolute atomic E-state index is 12.2. The van der Waals surface area contributed by atoms with Crippen molar-refractivity contribution in [1.29, 1.82) is 0 Å². The minimum atomic E-state index is -0.208. The molecule has 5 heteroatoms. The van der Waals surface area contributed by atoms with E-state index < -0.39 is 0 Å². The average molecular weight is 285 g/mol. The molecule has 1 aromatic carbocycles. The fourth-order valence-electron chi connectivity index (χ4n) is 1.79. The molecule has 0 radical (unpaired) electrons. The Morgan fingerprint density at radius 2 is 2.00 bits per heavy atom. The van der Waals surface area contributed by atoms with Crippen LogP contribution in [0.25, 0.3) is 0 Å². The molecule has 0 aliphatic heterocycles. The van der Waals surface area contributed by atoms with Crippen LogP contribution in [-0.2, 0) is 6.54 Å². The van der Waals surface area contributed by atoms with E-state index in [2.05, 4.69) is 10.3 Å². The Kier molecular flexibility index (Phi) is 4.90. The molecule has 1 aromatic heterocycles. The number of nitrogens with two attached hydrogens (primary N) is 1. The molecule has 0 unspecified atom stereocenters. The maximum Gasteiger partial charge on any atom is 0.255 e. The molecule has 0 aliphatic carbocycles. The van der Waals surface area contributed by atoms with Crippen molar-refractivity contribution in [3.05, 3.63) is 53.7 Å². The van der Waals surface area contributed by atoms with Crippen LogP contribution in [0.3, 0.4) is 0 Å². The highest BCUT2D eigenvalue weighted by atomic mass is 16.5. The third-order valence-corrected chi connectivity index (χ3v) is 2.82. The van der Waals surface area contributed by atoms with Crippen molar-refractivity contribution >= 4 is 11.6 Å². The van der Waals surface area contributed by atoms with Gasteiger partial charge in [-0.05, 0) is 43.7 Å². The number of hydrogen-bond donors (Lipinski definition) is 2. The summed E-state index contributed by atoms with van der Waals surface area (Å²) >= 11 is 0.